The van der Waals surface area contributed by atoms with E-state index in [4.69, 9.17) is 0 Å². The van der Waals surface area contributed by atoms with Gasteiger partial charge in [0.05, 0.1) is 0 Å². The van der Waals surface area contributed by atoms with E-state index in [1.165, 1.54) is 32.2 Å². The van der Waals surface area contributed by atoms with Gasteiger partial charge >= 0.3 is 0 Å². The Balaban J connectivity index is 2.12. The van der Waals surface area contributed by atoms with Gasteiger partial charge < -0.3 is 5.32 Å². The normalized spacial score (nSPS) is 20.0. The molecule has 1 N–H and O–H groups in total. The summed E-state index contributed by atoms with van der Waals surface area (Å²) < 4.78 is 0. The largest absolute Gasteiger partial charge is 0.316 e. The first-order valence-corrected chi connectivity index (χ1v) is 5.39. The minimum atomic E-state index is 0.722. The predicted molar refractivity (Wildman–Crippen MR) is 54.3 cm³/mol. The van der Waals surface area contributed by atoms with Crippen LogP contribution in [-0.4, -0.2) is 13.1 Å². The molecule has 1 fully saturated rings. The van der Waals surface area contributed by atoms with Crippen molar-refractivity contribution in [2.45, 2.75) is 46.5 Å². The molecule has 0 heterocycles. The maximum absolute atomic E-state index is 3.47. The Morgan fingerprint density at radius 1 is 1.33 bits per heavy atom. The van der Waals surface area contributed by atoms with Gasteiger partial charge in [-0.25, -0.2) is 0 Å². The second-order valence-electron chi connectivity index (χ2n) is 4.71. The highest BCUT2D eigenvalue weighted by Gasteiger charge is 2.41. The van der Waals surface area contributed by atoms with E-state index in [9.17, 15) is 0 Å². The Hall–Kier alpha value is -0.0400. The lowest BCUT2D eigenvalue weighted by atomic mass is 9.95. The fourth-order valence-corrected chi connectivity index (χ4v) is 1.68. The van der Waals surface area contributed by atoms with Crippen LogP contribution < -0.4 is 5.32 Å². The van der Waals surface area contributed by atoms with E-state index in [1.54, 1.807) is 0 Å². The van der Waals surface area contributed by atoms with Crippen LogP contribution in [0.1, 0.15) is 46.5 Å². The summed E-state index contributed by atoms with van der Waals surface area (Å²) in [5.74, 6) is 0.879. The first-order valence-electron chi connectivity index (χ1n) is 5.39. The van der Waals surface area contributed by atoms with Gasteiger partial charge in [0.1, 0.15) is 0 Å². The molecule has 0 radical (unpaired) electrons. The molecule has 1 saturated carbocycles. The summed E-state index contributed by atoms with van der Waals surface area (Å²) in [5.41, 5.74) is 0.722. The molecule has 0 spiro atoms. The SMILES string of the molecule is CCNCC1(CCC(C)C)CC1. The topological polar surface area (TPSA) is 12.0 Å². The highest BCUT2D eigenvalue weighted by atomic mass is 14.9. The number of nitrogens with one attached hydrogen (secondary N) is 1. The monoisotopic (exact) mass is 169 g/mol. The average molecular weight is 169 g/mol. The van der Waals surface area contributed by atoms with Gasteiger partial charge in [-0.1, -0.05) is 27.2 Å². The summed E-state index contributed by atoms with van der Waals surface area (Å²) in [7, 11) is 0. The standard InChI is InChI=1S/C11H23N/c1-4-12-9-11(7-8-11)6-5-10(2)3/h10,12H,4-9H2,1-3H3. The first-order chi connectivity index (χ1) is 5.68. The Kier molecular flexibility index (Phi) is 3.57. The predicted octanol–water partition coefficient (Wildman–Crippen LogP) is 2.81. The van der Waals surface area contributed by atoms with Crippen LogP contribution in [0, 0.1) is 11.3 Å². The molecule has 1 heteroatoms. The van der Waals surface area contributed by atoms with Gasteiger partial charge in [-0.15, -0.1) is 0 Å². The van der Waals surface area contributed by atoms with Crippen LogP contribution in [-0.2, 0) is 0 Å². The summed E-state index contributed by atoms with van der Waals surface area (Å²) in [5, 5.41) is 3.47. The van der Waals surface area contributed by atoms with Crippen LogP contribution in [0.3, 0.4) is 0 Å². The molecule has 0 unspecified atom stereocenters. The third-order valence-corrected chi connectivity index (χ3v) is 2.96. The molecular formula is C11H23N. The smallest absolute Gasteiger partial charge is 0.000770 e. The summed E-state index contributed by atoms with van der Waals surface area (Å²) in [4.78, 5) is 0. The molecule has 1 rings (SSSR count). The lowest BCUT2D eigenvalue weighted by Crippen LogP contribution is -2.23. The zero-order chi connectivity index (χ0) is 9.03. The van der Waals surface area contributed by atoms with Crippen LogP contribution in [0.25, 0.3) is 0 Å². The van der Waals surface area contributed by atoms with Crippen LogP contribution >= 0.6 is 0 Å². The van der Waals surface area contributed by atoms with Crippen molar-refractivity contribution in [1.29, 1.82) is 0 Å². The molecule has 0 aromatic heterocycles. The first kappa shape index (κ1) is 10.0. The van der Waals surface area contributed by atoms with Gasteiger partial charge in [-0.05, 0) is 37.1 Å². The molecule has 1 aliphatic carbocycles. The van der Waals surface area contributed by atoms with E-state index < -0.39 is 0 Å². The van der Waals surface area contributed by atoms with Crippen molar-refractivity contribution >= 4 is 0 Å². The third-order valence-electron chi connectivity index (χ3n) is 2.96. The quantitative estimate of drug-likeness (QED) is 0.644. The van der Waals surface area contributed by atoms with Crippen molar-refractivity contribution in [2.24, 2.45) is 11.3 Å². The Morgan fingerprint density at radius 3 is 2.42 bits per heavy atom. The number of rotatable bonds is 6. The molecular weight excluding hydrogens is 146 g/mol. The number of hydrogen-bond donors (Lipinski definition) is 1. The van der Waals surface area contributed by atoms with Crippen molar-refractivity contribution < 1.29 is 0 Å². The van der Waals surface area contributed by atoms with E-state index in [-0.39, 0.29) is 0 Å². The fourth-order valence-electron chi connectivity index (χ4n) is 1.68. The molecule has 1 nitrogen and oxygen atoms in total. The molecule has 1 aliphatic rings. The molecule has 0 amide bonds. The van der Waals surface area contributed by atoms with Crippen molar-refractivity contribution in [3.63, 3.8) is 0 Å². The van der Waals surface area contributed by atoms with Gasteiger partial charge in [0.2, 0.25) is 0 Å². The van der Waals surface area contributed by atoms with Crippen molar-refractivity contribution in [3.8, 4) is 0 Å². The summed E-state index contributed by atoms with van der Waals surface area (Å²) in [6.07, 6.45) is 5.78. The van der Waals surface area contributed by atoms with E-state index >= 15 is 0 Å². The average Bonchev–Trinajstić information content (AvgIpc) is 2.79. The molecule has 0 saturated heterocycles. The lowest BCUT2D eigenvalue weighted by molar-refractivity contribution is 0.386. The fraction of sp³-hybridized carbons (Fsp3) is 1.00. The van der Waals surface area contributed by atoms with Gasteiger partial charge in [0.15, 0.2) is 0 Å². The molecule has 0 aromatic carbocycles. The minimum Gasteiger partial charge on any atom is -0.316 e. The van der Waals surface area contributed by atoms with Gasteiger partial charge in [-0.2, -0.15) is 0 Å². The van der Waals surface area contributed by atoms with Crippen molar-refractivity contribution in [3.05, 3.63) is 0 Å². The molecule has 0 aliphatic heterocycles. The summed E-state index contributed by atoms with van der Waals surface area (Å²) in [6, 6.07) is 0. The second kappa shape index (κ2) is 4.27. The molecule has 0 aromatic rings. The highest BCUT2D eigenvalue weighted by molar-refractivity contribution is 4.94. The minimum absolute atomic E-state index is 0.722. The molecule has 0 atom stereocenters. The maximum Gasteiger partial charge on any atom is 0.000770 e. The Labute approximate surface area is 76.9 Å². The van der Waals surface area contributed by atoms with Crippen LogP contribution in [0.4, 0.5) is 0 Å². The van der Waals surface area contributed by atoms with E-state index in [0.29, 0.717) is 0 Å². The van der Waals surface area contributed by atoms with Gasteiger partial charge in [-0.3, -0.25) is 0 Å². The van der Waals surface area contributed by atoms with Crippen molar-refractivity contribution in [1.82, 2.24) is 5.32 Å². The molecule has 72 valence electrons. The lowest BCUT2D eigenvalue weighted by Gasteiger charge is -2.16. The highest BCUT2D eigenvalue weighted by Crippen LogP contribution is 2.49. The molecule has 0 bridgehead atoms. The second-order valence-corrected chi connectivity index (χ2v) is 4.71. The van der Waals surface area contributed by atoms with E-state index in [1.807, 2.05) is 0 Å². The van der Waals surface area contributed by atoms with Gasteiger partial charge in [0.25, 0.3) is 0 Å². The summed E-state index contributed by atoms with van der Waals surface area (Å²) >= 11 is 0. The Morgan fingerprint density at radius 2 is 2.00 bits per heavy atom. The number of hydrogen-bond acceptors (Lipinski definition) is 1. The van der Waals surface area contributed by atoms with Crippen LogP contribution in [0.5, 0.6) is 0 Å². The van der Waals surface area contributed by atoms with Crippen LogP contribution in [0.15, 0.2) is 0 Å². The van der Waals surface area contributed by atoms with E-state index in [0.717, 1.165) is 17.9 Å². The Bertz CT molecular complexity index is 125. The van der Waals surface area contributed by atoms with Gasteiger partial charge in [0, 0.05) is 6.54 Å². The van der Waals surface area contributed by atoms with Crippen LogP contribution in [0.2, 0.25) is 0 Å². The summed E-state index contributed by atoms with van der Waals surface area (Å²) in [6.45, 7) is 9.23. The maximum atomic E-state index is 3.47. The zero-order valence-electron chi connectivity index (χ0n) is 8.82. The third kappa shape index (κ3) is 3.14. The molecule has 12 heavy (non-hydrogen) atoms. The van der Waals surface area contributed by atoms with Crippen molar-refractivity contribution in [2.75, 3.05) is 13.1 Å². The van der Waals surface area contributed by atoms with E-state index in [2.05, 4.69) is 26.1 Å². The zero-order valence-corrected chi connectivity index (χ0v) is 8.82.